The van der Waals surface area contributed by atoms with Crippen LogP contribution in [0.5, 0.6) is 0 Å². The Bertz CT molecular complexity index is 486. The monoisotopic (exact) mass is 231 g/mol. The van der Waals surface area contributed by atoms with Crippen LogP contribution in [-0.4, -0.2) is 18.9 Å². The zero-order valence-corrected chi connectivity index (χ0v) is 9.82. The number of carbonyl (C=O) groups is 2. The molecule has 1 aromatic carbocycles. The molecular weight excluding hydrogens is 218 g/mol. The number of hydrogen-bond acceptors (Lipinski definition) is 4. The molecule has 17 heavy (non-hydrogen) atoms. The lowest BCUT2D eigenvalue weighted by Crippen LogP contribution is -2.12. The third kappa shape index (κ3) is 2.51. The quantitative estimate of drug-likeness (QED) is 0.588. The molecule has 0 heterocycles. The summed E-state index contributed by atoms with van der Waals surface area (Å²) in [5.41, 5.74) is 1.23. The van der Waals surface area contributed by atoms with Gasteiger partial charge in [-0.05, 0) is 18.9 Å². The Hall–Kier alpha value is -2.15. The Morgan fingerprint density at radius 3 is 2.65 bits per heavy atom. The number of nitriles is 1. The average molecular weight is 231 g/mol. The summed E-state index contributed by atoms with van der Waals surface area (Å²) < 4.78 is 4.91. The van der Waals surface area contributed by atoms with Crippen molar-refractivity contribution in [3.8, 4) is 6.07 Å². The van der Waals surface area contributed by atoms with E-state index in [0.29, 0.717) is 18.3 Å². The van der Waals surface area contributed by atoms with Crippen LogP contribution in [0.15, 0.2) is 12.1 Å². The second-order valence-electron chi connectivity index (χ2n) is 3.37. The van der Waals surface area contributed by atoms with Gasteiger partial charge in [0.1, 0.15) is 6.07 Å². The van der Waals surface area contributed by atoms with Crippen molar-refractivity contribution in [1.29, 1.82) is 5.26 Å². The molecular formula is C13H13NO3. The summed E-state index contributed by atoms with van der Waals surface area (Å²) in [5, 5.41) is 9.05. The third-order valence-electron chi connectivity index (χ3n) is 2.42. The summed E-state index contributed by atoms with van der Waals surface area (Å²) in [6.45, 7) is 3.80. The first-order chi connectivity index (χ1) is 8.19. The molecule has 0 unspecified atom stereocenters. The van der Waals surface area contributed by atoms with E-state index >= 15 is 0 Å². The molecule has 1 aromatic rings. The number of aldehydes is 1. The average Bonchev–Trinajstić information content (AvgIpc) is 2.36. The third-order valence-corrected chi connectivity index (χ3v) is 2.42. The Morgan fingerprint density at radius 1 is 1.47 bits per heavy atom. The van der Waals surface area contributed by atoms with Gasteiger partial charge in [0.05, 0.1) is 17.7 Å². The molecule has 0 spiro atoms. The van der Waals surface area contributed by atoms with E-state index in [0.717, 1.165) is 0 Å². The van der Waals surface area contributed by atoms with Crippen LogP contribution in [0.25, 0.3) is 0 Å². The van der Waals surface area contributed by atoms with E-state index in [1.807, 2.05) is 13.0 Å². The van der Waals surface area contributed by atoms with E-state index in [2.05, 4.69) is 0 Å². The normalized spacial score (nSPS) is 9.47. The molecule has 88 valence electrons. The molecule has 4 nitrogen and oxygen atoms in total. The van der Waals surface area contributed by atoms with Crippen molar-refractivity contribution in [1.82, 2.24) is 0 Å². The number of nitrogens with zero attached hydrogens (tertiary/aromatic N) is 1. The van der Waals surface area contributed by atoms with Crippen molar-refractivity contribution in [3.63, 3.8) is 0 Å². The lowest BCUT2D eigenvalue weighted by atomic mass is 9.96. The zero-order valence-electron chi connectivity index (χ0n) is 9.82. The first-order valence-corrected chi connectivity index (χ1v) is 5.37. The van der Waals surface area contributed by atoms with Crippen molar-refractivity contribution in [2.75, 3.05) is 6.61 Å². The highest BCUT2D eigenvalue weighted by Gasteiger charge is 2.19. The fraction of sp³-hybridized carbons (Fsp3) is 0.308. The van der Waals surface area contributed by atoms with Crippen LogP contribution < -0.4 is 0 Å². The van der Waals surface area contributed by atoms with E-state index in [1.165, 1.54) is 0 Å². The zero-order chi connectivity index (χ0) is 12.8. The molecule has 0 amide bonds. The number of ether oxygens (including phenoxy) is 1. The molecule has 0 N–H and O–H groups in total. The van der Waals surface area contributed by atoms with E-state index in [4.69, 9.17) is 10.00 Å². The van der Waals surface area contributed by atoms with Crippen LogP contribution in [0.1, 0.15) is 45.7 Å². The summed E-state index contributed by atoms with van der Waals surface area (Å²) in [6.07, 6.45) is 1.17. The van der Waals surface area contributed by atoms with Crippen LogP contribution >= 0.6 is 0 Å². The number of rotatable bonds is 4. The molecule has 0 saturated carbocycles. The number of carbonyl (C=O) groups excluding carboxylic acids is 2. The van der Waals surface area contributed by atoms with Gasteiger partial charge in [-0.1, -0.05) is 19.1 Å². The van der Waals surface area contributed by atoms with Gasteiger partial charge in [0.25, 0.3) is 0 Å². The van der Waals surface area contributed by atoms with E-state index in [9.17, 15) is 9.59 Å². The minimum Gasteiger partial charge on any atom is -0.462 e. The van der Waals surface area contributed by atoms with Crippen molar-refractivity contribution in [2.45, 2.75) is 20.3 Å². The van der Waals surface area contributed by atoms with Crippen molar-refractivity contribution >= 4 is 12.3 Å². The number of esters is 1. The summed E-state index contributed by atoms with van der Waals surface area (Å²) in [5.74, 6) is -0.551. The molecule has 0 aliphatic carbocycles. The Morgan fingerprint density at radius 2 is 2.18 bits per heavy atom. The van der Waals surface area contributed by atoms with Crippen LogP contribution in [0, 0.1) is 11.3 Å². The topological polar surface area (TPSA) is 67.2 Å². The van der Waals surface area contributed by atoms with Crippen LogP contribution in [0.4, 0.5) is 0 Å². The first-order valence-electron chi connectivity index (χ1n) is 5.37. The van der Waals surface area contributed by atoms with Crippen molar-refractivity contribution < 1.29 is 14.3 Å². The summed E-state index contributed by atoms with van der Waals surface area (Å²) in [4.78, 5) is 22.6. The fourth-order valence-electron chi connectivity index (χ4n) is 1.61. The lowest BCUT2D eigenvalue weighted by molar-refractivity contribution is 0.0524. The van der Waals surface area contributed by atoms with Gasteiger partial charge in [-0.2, -0.15) is 5.26 Å². The predicted octanol–water partition coefficient (Wildman–Crippen LogP) is 2.11. The van der Waals surface area contributed by atoms with Gasteiger partial charge >= 0.3 is 5.97 Å². The maximum atomic E-state index is 11.8. The second-order valence-corrected chi connectivity index (χ2v) is 3.37. The molecule has 0 saturated heterocycles. The first kappa shape index (κ1) is 12.9. The fourth-order valence-corrected chi connectivity index (χ4v) is 1.61. The number of benzene rings is 1. The Kier molecular flexibility index (Phi) is 4.41. The Labute approximate surface area is 99.8 Å². The molecule has 4 heteroatoms. The highest BCUT2D eigenvalue weighted by molar-refractivity contribution is 5.97. The molecule has 0 aromatic heterocycles. The summed E-state index contributed by atoms with van der Waals surface area (Å²) in [6, 6.07) is 5.12. The molecule has 0 bridgehead atoms. The maximum absolute atomic E-state index is 11.8. The Balaban J connectivity index is 3.46. The van der Waals surface area contributed by atoms with Gasteiger partial charge in [-0.15, -0.1) is 0 Å². The lowest BCUT2D eigenvalue weighted by Gasteiger charge is -2.10. The van der Waals surface area contributed by atoms with Gasteiger partial charge < -0.3 is 4.74 Å². The van der Waals surface area contributed by atoms with Gasteiger partial charge in [-0.25, -0.2) is 4.79 Å². The van der Waals surface area contributed by atoms with Crippen LogP contribution in [0.2, 0.25) is 0 Å². The van der Waals surface area contributed by atoms with Gasteiger partial charge in [0, 0.05) is 5.56 Å². The molecule has 0 aliphatic heterocycles. The molecule has 0 aliphatic rings. The van der Waals surface area contributed by atoms with Crippen molar-refractivity contribution in [2.24, 2.45) is 0 Å². The molecule has 0 fully saturated rings. The highest BCUT2D eigenvalue weighted by Crippen LogP contribution is 2.19. The van der Waals surface area contributed by atoms with Gasteiger partial charge in [0.15, 0.2) is 6.29 Å². The highest BCUT2D eigenvalue weighted by atomic mass is 16.5. The maximum Gasteiger partial charge on any atom is 0.339 e. The summed E-state index contributed by atoms with van der Waals surface area (Å²) >= 11 is 0. The van der Waals surface area contributed by atoms with Crippen LogP contribution in [-0.2, 0) is 11.2 Å². The molecule has 0 atom stereocenters. The van der Waals surface area contributed by atoms with E-state index in [-0.39, 0.29) is 23.3 Å². The van der Waals surface area contributed by atoms with Crippen molar-refractivity contribution in [3.05, 3.63) is 34.4 Å². The number of aryl methyl sites for hydroxylation is 1. The minimum absolute atomic E-state index is 0.0952. The SMILES string of the molecule is CCOC(=O)c1c(CC)ccc(C=O)c1C#N. The molecule has 1 rings (SSSR count). The van der Waals surface area contributed by atoms with E-state index in [1.54, 1.807) is 19.1 Å². The molecule has 0 radical (unpaired) electrons. The smallest absolute Gasteiger partial charge is 0.339 e. The predicted molar refractivity (Wildman–Crippen MR) is 61.9 cm³/mol. The van der Waals surface area contributed by atoms with E-state index < -0.39 is 5.97 Å². The second kappa shape index (κ2) is 5.80. The van der Waals surface area contributed by atoms with Gasteiger partial charge in [0.2, 0.25) is 0 Å². The number of hydrogen-bond donors (Lipinski definition) is 0. The van der Waals surface area contributed by atoms with Crippen LogP contribution in [0.3, 0.4) is 0 Å². The van der Waals surface area contributed by atoms with Gasteiger partial charge in [-0.3, -0.25) is 4.79 Å². The minimum atomic E-state index is -0.551. The standard InChI is InChI=1S/C13H13NO3/c1-3-9-5-6-10(8-15)11(7-14)12(9)13(16)17-4-2/h5-6,8H,3-4H2,1-2H3. The summed E-state index contributed by atoms with van der Waals surface area (Å²) in [7, 11) is 0. The largest absolute Gasteiger partial charge is 0.462 e.